The number of nitrogens with two attached hydrogens (primary N) is 1. The van der Waals surface area contributed by atoms with Gasteiger partial charge in [0, 0.05) is 17.3 Å². The van der Waals surface area contributed by atoms with Crippen molar-refractivity contribution >= 4 is 29.3 Å². The number of nitrogens with zero attached hydrogens (tertiary/aromatic N) is 1. The molecule has 212 valence electrons. The minimum Gasteiger partial charge on any atom is -0.466 e. The van der Waals surface area contributed by atoms with Crippen molar-refractivity contribution in [2.75, 3.05) is 18.9 Å². The van der Waals surface area contributed by atoms with Gasteiger partial charge in [0.05, 0.1) is 30.6 Å². The highest BCUT2D eigenvalue weighted by molar-refractivity contribution is 6.01. The van der Waals surface area contributed by atoms with Crippen LogP contribution in [-0.2, 0) is 41.6 Å². The summed E-state index contributed by atoms with van der Waals surface area (Å²) in [6.07, 6.45) is -0.0556. The number of carbonyl (C=O) groups is 3. The Bertz CT molecular complexity index is 1340. The minimum atomic E-state index is -1.67. The second-order valence-corrected chi connectivity index (χ2v) is 8.07. The summed E-state index contributed by atoms with van der Waals surface area (Å²) in [5.41, 5.74) is 5.86. The molecule has 1 atom stereocenters. The van der Waals surface area contributed by atoms with Crippen molar-refractivity contribution < 1.29 is 42.3 Å². The molecule has 0 aromatic heterocycles. The summed E-state index contributed by atoms with van der Waals surface area (Å²) in [6, 6.07) is 15.6. The van der Waals surface area contributed by atoms with Gasteiger partial charge in [-0.25, -0.2) is 8.78 Å². The number of hydrogen-bond acceptors (Lipinski definition) is 9. The van der Waals surface area contributed by atoms with E-state index in [2.05, 4.69) is 0 Å². The zero-order chi connectivity index (χ0) is 29.7. The predicted octanol–water partition coefficient (Wildman–Crippen LogP) is 4.64. The van der Waals surface area contributed by atoms with E-state index >= 15 is 0 Å². The summed E-state index contributed by atoms with van der Waals surface area (Å²) >= 11 is 0. The summed E-state index contributed by atoms with van der Waals surface area (Å²) in [5, 5.41) is 10.7. The Morgan fingerprint density at radius 2 is 1.52 bits per heavy atom. The Labute approximate surface area is 228 Å². The third-order valence-electron chi connectivity index (χ3n) is 5.21. The smallest absolute Gasteiger partial charge is 0.325 e. The van der Waals surface area contributed by atoms with Gasteiger partial charge < -0.3 is 19.9 Å². The van der Waals surface area contributed by atoms with Crippen LogP contribution >= 0.6 is 0 Å². The fraction of sp³-hybridized carbons (Fsp3) is 0.250. The number of carbonyl (C=O) groups excluding carboxylic acids is 3. The lowest BCUT2D eigenvalue weighted by molar-refractivity contribution is -0.385. The first-order valence-electron chi connectivity index (χ1n) is 12.1. The minimum absolute atomic E-state index is 0.0180. The van der Waals surface area contributed by atoms with Gasteiger partial charge >= 0.3 is 17.9 Å². The van der Waals surface area contributed by atoms with Crippen LogP contribution in [0.15, 0.2) is 66.7 Å². The molecule has 0 aliphatic rings. The van der Waals surface area contributed by atoms with Gasteiger partial charge in [-0.1, -0.05) is 36.4 Å². The molecule has 0 heterocycles. The van der Waals surface area contributed by atoms with Gasteiger partial charge in [-0.3, -0.25) is 24.5 Å². The molecule has 3 rings (SSSR count). The van der Waals surface area contributed by atoms with E-state index in [1.54, 1.807) is 43.3 Å². The van der Waals surface area contributed by atoms with Crippen LogP contribution in [-0.4, -0.2) is 36.0 Å². The largest absolute Gasteiger partial charge is 0.466 e. The Morgan fingerprint density at radius 1 is 0.875 bits per heavy atom. The fourth-order valence-corrected chi connectivity index (χ4v) is 3.33. The molecule has 0 aliphatic heterocycles. The highest BCUT2D eigenvalue weighted by Crippen LogP contribution is 2.26. The number of esters is 3. The van der Waals surface area contributed by atoms with E-state index in [1.165, 1.54) is 19.1 Å². The highest BCUT2D eigenvalue weighted by atomic mass is 19.1. The molecule has 0 saturated heterocycles. The average molecular weight is 559 g/mol. The SMILES string of the molecule is CCOC(=O)C(C(=O)OCc1ccccc1)c1ccc([N+](=O)[O-])cc1F.CCOC(=O)Cc1ccc(N)cc1F. The second-order valence-electron chi connectivity index (χ2n) is 8.07. The molecule has 3 aromatic rings. The quantitative estimate of drug-likeness (QED) is 0.0938. The van der Waals surface area contributed by atoms with Crippen LogP contribution < -0.4 is 5.73 Å². The number of nitro groups is 1. The van der Waals surface area contributed by atoms with Gasteiger partial charge in [0.15, 0.2) is 5.92 Å². The monoisotopic (exact) mass is 558 g/mol. The van der Waals surface area contributed by atoms with E-state index < -0.39 is 46.1 Å². The molecule has 2 N–H and O–H groups in total. The molecule has 0 amide bonds. The Kier molecular flexibility index (Phi) is 12.2. The van der Waals surface area contributed by atoms with Crippen LogP contribution in [0.5, 0.6) is 0 Å². The summed E-state index contributed by atoms with van der Waals surface area (Å²) in [6.45, 7) is 3.42. The lowest BCUT2D eigenvalue weighted by atomic mass is 9.98. The van der Waals surface area contributed by atoms with E-state index in [4.69, 9.17) is 19.9 Å². The van der Waals surface area contributed by atoms with Crippen molar-refractivity contribution in [1.29, 1.82) is 0 Å². The molecule has 0 fully saturated rings. The molecule has 12 heteroatoms. The number of nitro benzene ring substituents is 1. The zero-order valence-corrected chi connectivity index (χ0v) is 21.8. The van der Waals surface area contributed by atoms with Crippen LogP contribution in [0.2, 0.25) is 0 Å². The van der Waals surface area contributed by atoms with Gasteiger partial charge in [-0.05, 0) is 43.2 Å². The predicted molar refractivity (Wildman–Crippen MR) is 140 cm³/mol. The van der Waals surface area contributed by atoms with Crippen molar-refractivity contribution in [3.63, 3.8) is 0 Å². The van der Waals surface area contributed by atoms with Gasteiger partial charge in [0.2, 0.25) is 0 Å². The van der Waals surface area contributed by atoms with E-state index in [0.29, 0.717) is 29.5 Å². The molecule has 0 radical (unpaired) electrons. The van der Waals surface area contributed by atoms with Gasteiger partial charge in [0.25, 0.3) is 5.69 Å². The lowest BCUT2D eigenvalue weighted by Gasteiger charge is -2.16. The van der Waals surface area contributed by atoms with Crippen molar-refractivity contribution in [3.8, 4) is 0 Å². The van der Waals surface area contributed by atoms with Crippen molar-refractivity contribution in [2.24, 2.45) is 0 Å². The molecule has 1 unspecified atom stereocenters. The summed E-state index contributed by atoms with van der Waals surface area (Å²) in [7, 11) is 0. The molecule has 0 spiro atoms. The average Bonchev–Trinajstić information content (AvgIpc) is 2.91. The molecular formula is C28H28F2N2O8. The first-order valence-corrected chi connectivity index (χ1v) is 12.1. The summed E-state index contributed by atoms with van der Waals surface area (Å²) in [4.78, 5) is 45.5. The number of ether oxygens (including phenoxy) is 3. The maximum Gasteiger partial charge on any atom is 0.325 e. The topological polar surface area (TPSA) is 148 Å². The van der Waals surface area contributed by atoms with Crippen LogP contribution in [0.4, 0.5) is 20.2 Å². The van der Waals surface area contributed by atoms with Gasteiger partial charge in [-0.15, -0.1) is 0 Å². The number of benzene rings is 3. The normalized spacial score (nSPS) is 10.9. The highest BCUT2D eigenvalue weighted by Gasteiger charge is 2.34. The summed E-state index contributed by atoms with van der Waals surface area (Å²) in [5.74, 6) is -5.62. The van der Waals surface area contributed by atoms with E-state index in [9.17, 15) is 33.3 Å². The lowest BCUT2D eigenvalue weighted by Crippen LogP contribution is -2.27. The maximum absolute atomic E-state index is 14.3. The van der Waals surface area contributed by atoms with Gasteiger partial charge in [-0.2, -0.15) is 0 Å². The number of anilines is 1. The Balaban J connectivity index is 0.000000337. The maximum atomic E-state index is 14.3. The molecular weight excluding hydrogens is 530 g/mol. The number of halogens is 2. The fourth-order valence-electron chi connectivity index (χ4n) is 3.33. The Morgan fingerprint density at radius 3 is 2.10 bits per heavy atom. The molecule has 0 aliphatic carbocycles. The van der Waals surface area contributed by atoms with E-state index in [-0.39, 0.29) is 25.2 Å². The van der Waals surface area contributed by atoms with Crippen LogP contribution in [0.25, 0.3) is 0 Å². The first kappa shape index (κ1) is 31.3. The first-order chi connectivity index (χ1) is 19.1. The third kappa shape index (κ3) is 9.46. The third-order valence-corrected chi connectivity index (χ3v) is 5.21. The number of non-ortho nitro benzene ring substituents is 1. The molecule has 40 heavy (non-hydrogen) atoms. The zero-order valence-electron chi connectivity index (χ0n) is 21.8. The van der Waals surface area contributed by atoms with Gasteiger partial charge in [0.1, 0.15) is 18.2 Å². The van der Waals surface area contributed by atoms with Crippen LogP contribution in [0.3, 0.4) is 0 Å². The number of nitrogen functional groups attached to an aromatic ring is 1. The molecule has 0 bridgehead atoms. The van der Waals surface area contributed by atoms with E-state index in [1.807, 2.05) is 0 Å². The van der Waals surface area contributed by atoms with Crippen LogP contribution in [0, 0.1) is 21.7 Å². The Hall–Kier alpha value is -4.87. The molecule has 10 nitrogen and oxygen atoms in total. The standard InChI is InChI=1S/C18H16FNO6.C10H12FNO2/c1-2-25-17(21)16(14-9-8-13(20(23)24)10-15(14)19)18(22)26-11-12-6-4-3-5-7-12;1-2-14-10(13)5-7-3-4-8(12)6-9(7)11/h3-10,16H,2,11H2,1H3;3-4,6H,2,5,12H2,1H3. The van der Waals surface area contributed by atoms with Crippen molar-refractivity contribution in [1.82, 2.24) is 0 Å². The second kappa shape index (κ2) is 15.5. The summed E-state index contributed by atoms with van der Waals surface area (Å²) < 4.78 is 42.1. The molecule has 0 saturated carbocycles. The number of hydrogen-bond donors (Lipinski definition) is 1. The molecule has 3 aromatic carbocycles. The van der Waals surface area contributed by atoms with Crippen molar-refractivity contribution in [2.45, 2.75) is 32.8 Å². The van der Waals surface area contributed by atoms with Crippen LogP contribution in [0.1, 0.15) is 36.5 Å². The number of rotatable bonds is 10. The van der Waals surface area contributed by atoms with Crippen molar-refractivity contribution in [3.05, 3.63) is 105 Å². The van der Waals surface area contributed by atoms with E-state index in [0.717, 1.165) is 12.1 Å².